The third-order valence-electron chi connectivity index (χ3n) is 3.44. The molecule has 0 atom stereocenters. The summed E-state index contributed by atoms with van der Waals surface area (Å²) in [5.41, 5.74) is 1.30. The van der Waals surface area contributed by atoms with Crippen molar-refractivity contribution in [3.63, 3.8) is 0 Å². The molecule has 0 aliphatic carbocycles. The molecule has 0 unspecified atom stereocenters. The summed E-state index contributed by atoms with van der Waals surface area (Å²) < 4.78 is 23.7. The minimum Gasteiger partial charge on any atom is -0.420 e. The fourth-order valence-corrected chi connectivity index (χ4v) is 2.46. The zero-order valence-electron chi connectivity index (χ0n) is 12.7. The van der Waals surface area contributed by atoms with Crippen LogP contribution in [0, 0.1) is 5.82 Å². The first-order valence-electron chi connectivity index (χ1n) is 7.35. The van der Waals surface area contributed by atoms with Gasteiger partial charge in [0.05, 0.1) is 5.02 Å². The maximum Gasteiger partial charge on any atom is 0.247 e. The molecule has 0 aliphatic rings. The molecule has 6 nitrogen and oxygen atoms in total. The van der Waals surface area contributed by atoms with Gasteiger partial charge in [-0.1, -0.05) is 28.9 Å². The highest BCUT2D eigenvalue weighted by Crippen LogP contribution is 2.25. The van der Waals surface area contributed by atoms with Crippen LogP contribution in [0.2, 0.25) is 5.02 Å². The lowest BCUT2D eigenvalue weighted by Gasteiger charge is -1.95. The van der Waals surface area contributed by atoms with E-state index in [1.807, 2.05) is 12.1 Å². The van der Waals surface area contributed by atoms with Gasteiger partial charge < -0.3 is 8.94 Å². The number of aromatic nitrogens is 4. The van der Waals surface area contributed by atoms with Gasteiger partial charge in [-0.15, -0.1) is 10.2 Å². The molecular formula is C17H10ClFN4O2. The summed E-state index contributed by atoms with van der Waals surface area (Å²) in [5.74, 6) is 0.985. The average molecular weight is 357 g/mol. The van der Waals surface area contributed by atoms with Gasteiger partial charge >= 0.3 is 0 Å². The summed E-state index contributed by atoms with van der Waals surface area (Å²) in [4.78, 5) is 4.29. The van der Waals surface area contributed by atoms with Crippen molar-refractivity contribution < 1.29 is 13.3 Å². The molecule has 2 aromatic carbocycles. The van der Waals surface area contributed by atoms with E-state index in [1.165, 1.54) is 12.1 Å². The van der Waals surface area contributed by atoms with Gasteiger partial charge in [-0.2, -0.15) is 4.98 Å². The predicted molar refractivity (Wildman–Crippen MR) is 87.2 cm³/mol. The molecule has 2 heterocycles. The fourth-order valence-electron chi connectivity index (χ4n) is 2.24. The van der Waals surface area contributed by atoms with E-state index in [2.05, 4.69) is 20.3 Å². The highest BCUT2D eigenvalue weighted by Gasteiger charge is 2.15. The molecule has 2 aromatic heterocycles. The first-order chi connectivity index (χ1) is 12.2. The third-order valence-corrected chi connectivity index (χ3v) is 3.77. The molecule has 0 bridgehead atoms. The molecule has 0 saturated carbocycles. The molecule has 0 N–H and O–H groups in total. The van der Waals surface area contributed by atoms with E-state index >= 15 is 0 Å². The van der Waals surface area contributed by atoms with Crippen molar-refractivity contribution in [1.82, 2.24) is 20.3 Å². The van der Waals surface area contributed by atoms with Crippen LogP contribution >= 0.6 is 11.6 Å². The second-order valence-corrected chi connectivity index (χ2v) is 5.58. The molecule has 4 aromatic rings. The highest BCUT2D eigenvalue weighted by molar-refractivity contribution is 6.33. The lowest BCUT2D eigenvalue weighted by Crippen LogP contribution is -1.89. The predicted octanol–water partition coefficient (Wildman–Crippen LogP) is 4.17. The van der Waals surface area contributed by atoms with Gasteiger partial charge in [0.15, 0.2) is 0 Å². The molecule has 0 amide bonds. The molecule has 4 rings (SSSR count). The smallest absolute Gasteiger partial charge is 0.247 e. The lowest BCUT2D eigenvalue weighted by molar-refractivity contribution is 0.374. The number of benzene rings is 2. The Hall–Kier alpha value is -3.06. The summed E-state index contributed by atoms with van der Waals surface area (Å²) in [5, 5.41) is 12.3. The summed E-state index contributed by atoms with van der Waals surface area (Å²) in [6, 6.07) is 13.0. The van der Waals surface area contributed by atoms with Gasteiger partial charge in [0.1, 0.15) is 12.2 Å². The van der Waals surface area contributed by atoms with Gasteiger partial charge in [-0.3, -0.25) is 0 Å². The van der Waals surface area contributed by atoms with Crippen molar-refractivity contribution in [1.29, 1.82) is 0 Å². The van der Waals surface area contributed by atoms with Gasteiger partial charge in [0.2, 0.25) is 23.5 Å². The van der Waals surface area contributed by atoms with Crippen LogP contribution in [0.5, 0.6) is 0 Å². The van der Waals surface area contributed by atoms with Gasteiger partial charge in [-0.25, -0.2) is 4.39 Å². The van der Waals surface area contributed by atoms with E-state index in [0.29, 0.717) is 39.6 Å². The Balaban J connectivity index is 1.54. The van der Waals surface area contributed by atoms with E-state index < -0.39 is 0 Å². The van der Waals surface area contributed by atoms with Crippen molar-refractivity contribution >= 4 is 11.6 Å². The molecule has 0 fully saturated rings. The summed E-state index contributed by atoms with van der Waals surface area (Å²) >= 11 is 6.12. The third kappa shape index (κ3) is 3.27. The van der Waals surface area contributed by atoms with Crippen LogP contribution in [0.15, 0.2) is 57.5 Å². The number of nitrogens with zero attached hydrogens (tertiary/aromatic N) is 4. The van der Waals surface area contributed by atoms with E-state index in [4.69, 9.17) is 20.5 Å². The van der Waals surface area contributed by atoms with Crippen LogP contribution in [0.3, 0.4) is 0 Å². The van der Waals surface area contributed by atoms with Crippen LogP contribution in [-0.2, 0) is 6.42 Å². The molecule has 0 spiro atoms. The van der Waals surface area contributed by atoms with Crippen molar-refractivity contribution in [3.8, 4) is 22.8 Å². The summed E-state index contributed by atoms with van der Waals surface area (Å²) in [7, 11) is 0. The van der Waals surface area contributed by atoms with Crippen LogP contribution in [0.25, 0.3) is 22.8 Å². The monoisotopic (exact) mass is 356 g/mol. The maximum atomic E-state index is 13.0. The fraction of sp³-hybridized carbons (Fsp3) is 0.0588. The van der Waals surface area contributed by atoms with E-state index in [-0.39, 0.29) is 12.2 Å². The van der Waals surface area contributed by atoms with E-state index in [9.17, 15) is 4.39 Å². The lowest BCUT2D eigenvalue weighted by atomic mass is 10.2. The number of hydrogen-bond donors (Lipinski definition) is 0. The molecule has 124 valence electrons. The molecule has 8 heteroatoms. The number of halogens is 2. The van der Waals surface area contributed by atoms with Gasteiger partial charge in [0.25, 0.3) is 0 Å². The Morgan fingerprint density at radius 1 is 0.960 bits per heavy atom. The van der Waals surface area contributed by atoms with Gasteiger partial charge in [-0.05, 0) is 36.4 Å². The normalized spacial score (nSPS) is 11.0. The zero-order valence-corrected chi connectivity index (χ0v) is 13.4. The largest absolute Gasteiger partial charge is 0.420 e. The Bertz CT molecular complexity index is 1010. The Morgan fingerprint density at radius 2 is 1.76 bits per heavy atom. The summed E-state index contributed by atoms with van der Waals surface area (Å²) in [6.45, 7) is 0. The van der Waals surface area contributed by atoms with Crippen molar-refractivity contribution in [3.05, 3.63) is 71.2 Å². The van der Waals surface area contributed by atoms with Crippen molar-refractivity contribution in [2.45, 2.75) is 6.42 Å². The van der Waals surface area contributed by atoms with Crippen molar-refractivity contribution in [2.24, 2.45) is 0 Å². The summed E-state index contributed by atoms with van der Waals surface area (Å²) in [6.07, 6.45) is 0.186. The second kappa shape index (κ2) is 6.45. The zero-order chi connectivity index (χ0) is 17.2. The SMILES string of the molecule is Fc1ccc(-c2nnc(Cc3nc(-c4ccccc4Cl)no3)o2)cc1. The maximum absolute atomic E-state index is 13.0. The number of rotatable bonds is 4. The van der Waals surface area contributed by atoms with E-state index in [0.717, 1.165) is 0 Å². The quantitative estimate of drug-likeness (QED) is 0.546. The first kappa shape index (κ1) is 15.5. The second-order valence-electron chi connectivity index (χ2n) is 5.18. The van der Waals surface area contributed by atoms with Crippen LogP contribution in [-0.4, -0.2) is 20.3 Å². The minimum atomic E-state index is -0.332. The topological polar surface area (TPSA) is 77.8 Å². The molecular weight excluding hydrogens is 347 g/mol. The number of hydrogen-bond acceptors (Lipinski definition) is 6. The standard InChI is InChI=1S/C17H10ClFN4O2/c18-13-4-2-1-3-12(13)16-20-14(25-23-16)9-15-21-22-17(24-15)10-5-7-11(19)8-6-10/h1-8H,9H2. The highest BCUT2D eigenvalue weighted by atomic mass is 35.5. The molecule has 0 radical (unpaired) electrons. The Morgan fingerprint density at radius 3 is 2.56 bits per heavy atom. The average Bonchev–Trinajstić information content (AvgIpc) is 3.26. The van der Waals surface area contributed by atoms with Crippen LogP contribution in [0.1, 0.15) is 11.8 Å². The van der Waals surface area contributed by atoms with E-state index in [1.54, 1.807) is 24.3 Å². The molecule has 25 heavy (non-hydrogen) atoms. The van der Waals surface area contributed by atoms with Crippen LogP contribution in [0.4, 0.5) is 4.39 Å². The molecule has 0 aliphatic heterocycles. The van der Waals surface area contributed by atoms with Gasteiger partial charge in [0, 0.05) is 11.1 Å². The molecule has 0 saturated heterocycles. The Kier molecular flexibility index (Phi) is 3.99. The first-order valence-corrected chi connectivity index (χ1v) is 7.72. The Labute approximate surface area is 146 Å². The van der Waals surface area contributed by atoms with Crippen molar-refractivity contribution in [2.75, 3.05) is 0 Å². The van der Waals surface area contributed by atoms with Crippen LogP contribution < -0.4 is 0 Å². The minimum absolute atomic E-state index is 0.186.